The fourth-order valence-corrected chi connectivity index (χ4v) is 2.94. The first-order chi connectivity index (χ1) is 7.15. The molecular weight excluding hydrogens is 198 g/mol. The molecule has 0 aromatic heterocycles. The normalized spacial score (nSPS) is 46.8. The predicted octanol–water partition coefficient (Wildman–Crippen LogP) is -1.84. The van der Waals surface area contributed by atoms with Crippen LogP contribution in [0.25, 0.3) is 0 Å². The van der Waals surface area contributed by atoms with Gasteiger partial charge in [0, 0.05) is 18.5 Å². The maximum absolute atomic E-state index is 9.81. The Bertz CT molecular complexity index is 225. The third kappa shape index (κ3) is 1.90. The molecule has 2 fully saturated rings. The van der Waals surface area contributed by atoms with Crippen LogP contribution in [0.3, 0.4) is 0 Å². The summed E-state index contributed by atoms with van der Waals surface area (Å²) in [6.45, 7) is 1.50. The van der Waals surface area contributed by atoms with Gasteiger partial charge in [-0.15, -0.1) is 0 Å². The van der Waals surface area contributed by atoms with Crippen LogP contribution in [0.2, 0.25) is 0 Å². The first-order valence-electron chi connectivity index (χ1n) is 5.54. The van der Waals surface area contributed by atoms with Crippen molar-refractivity contribution in [2.45, 2.75) is 37.2 Å². The standard InChI is InChI=1S/C10H19NO4/c12-4-3-11-2-1-6-7(11)5-8(13)10(15)9(6)14/h6-10,12-15H,1-5H2/t6-,7-,8-,9+,10+/m0/s1. The van der Waals surface area contributed by atoms with Crippen LogP contribution >= 0.6 is 0 Å². The lowest BCUT2D eigenvalue weighted by Crippen LogP contribution is -2.54. The molecule has 2 rings (SSSR count). The van der Waals surface area contributed by atoms with Crippen LogP contribution < -0.4 is 0 Å². The zero-order valence-electron chi connectivity index (χ0n) is 8.66. The van der Waals surface area contributed by atoms with Crippen molar-refractivity contribution in [1.29, 1.82) is 0 Å². The average molecular weight is 217 g/mol. The van der Waals surface area contributed by atoms with Gasteiger partial charge in [0.1, 0.15) is 6.10 Å². The first-order valence-corrected chi connectivity index (χ1v) is 5.54. The van der Waals surface area contributed by atoms with Crippen LogP contribution in [0.1, 0.15) is 12.8 Å². The van der Waals surface area contributed by atoms with E-state index in [0.717, 1.165) is 13.0 Å². The molecular formula is C10H19NO4. The molecule has 0 spiro atoms. The second-order valence-corrected chi connectivity index (χ2v) is 4.56. The van der Waals surface area contributed by atoms with Crippen molar-refractivity contribution in [1.82, 2.24) is 4.90 Å². The van der Waals surface area contributed by atoms with Gasteiger partial charge in [-0.25, -0.2) is 0 Å². The van der Waals surface area contributed by atoms with Crippen LogP contribution in [0.4, 0.5) is 0 Å². The highest BCUT2D eigenvalue weighted by Gasteiger charge is 2.47. The number of hydrogen-bond acceptors (Lipinski definition) is 5. The molecule has 2 aliphatic rings. The summed E-state index contributed by atoms with van der Waals surface area (Å²) in [5, 5.41) is 37.8. The summed E-state index contributed by atoms with van der Waals surface area (Å²) in [7, 11) is 0. The van der Waals surface area contributed by atoms with Crippen LogP contribution in [0.5, 0.6) is 0 Å². The summed E-state index contributed by atoms with van der Waals surface area (Å²) in [6, 6.07) is 0.102. The van der Waals surface area contributed by atoms with E-state index in [4.69, 9.17) is 5.11 Å². The quantitative estimate of drug-likeness (QED) is 0.437. The van der Waals surface area contributed by atoms with Crippen molar-refractivity contribution in [3.05, 3.63) is 0 Å². The fourth-order valence-electron chi connectivity index (χ4n) is 2.94. The minimum atomic E-state index is -1.01. The van der Waals surface area contributed by atoms with E-state index in [9.17, 15) is 15.3 Å². The molecule has 0 bridgehead atoms. The van der Waals surface area contributed by atoms with Crippen LogP contribution in [0.15, 0.2) is 0 Å². The highest BCUT2D eigenvalue weighted by molar-refractivity contribution is 5.00. The van der Waals surface area contributed by atoms with Crippen molar-refractivity contribution in [2.24, 2.45) is 5.92 Å². The minimum absolute atomic E-state index is 0.0370. The van der Waals surface area contributed by atoms with Gasteiger partial charge in [-0.3, -0.25) is 4.90 Å². The molecule has 15 heavy (non-hydrogen) atoms. The van der Waals surface area contributed by atoms with Gasteiger partial charge in [-0.05, 0) is 19.4 Å². The number of nitrogens with zero attached hydrogens (tertiary/aromatic N) is 1. The Morgan fingerprint density at radius 3 is 2.53 bits per heavy atom. The van der Waals surface area contributed by atoms with E-state index in [0.29, 0.717) is 13.0 Å². The van der Waals surface area contributed by atoms with Gasteiger partial charge in [0.05, 0.1) is 18.8 Å². The van der Waals surface area contributed by atoms with Gasteiger partial charge in [0.25, 0.3) is 0 Å². The summed E-state index contributed by atoms with van der Waals surface area (Å²) in [6.07, 6.45) is -1.37. The lowest BCUT2D eigenvalue weighted by atomic mass is 9.79. The molecule has 88 valence electrons. The Morgan fingerprint density at radius 1 is 1.13 bits per heavy atom. The lowest BCUT2D eigenvalue weighted by molar-refractivity contribution is -0.122. The zero-order chi connectivity index (χ0) is 11.0. The number of aliphatic hydroxyl groups excluding tert-OH is 4. The number of likely N-dealkylation sites (tertiary alicyclic amines) is 1. The highest BCUT2D eigenvalue weighted by atomic mass is 16.4. The fraction of sp³-hybridized carbons (Fsp3) is 1.00. The van der Waals surface area contributed by atoms with Crippen LogP contribution in [0, 0.1) is 5.92 Å². The SMILES string of the molecule is OCCN1CC[C@@H]2[C@@H](O)[C@H](O)[C@@H](O)C[C@@H]21. The maximum Gasteiger partial charge on any atom is 0.106 e. The third-order valence-electron chi connectivity index (χ3n) is 3.77. The minimum Gasteiger partial charge on any atom is -0.395 e. The van der Waals surface area contributed by atoms with Gasteiger partial charge in [0.15, 0.2) is 0 Å². The predicted molar refractivity (Wildman–Crippen MR) is 53.2 cm³/mol. The van der Waals surface area contributed by atoms with Gasteiger partial charge in [0.2, 0.25) is 0 Å². The number of β-amino-alcohol motifs (C(OH)–C–C–N with tert-alkyl or cyclic N) is 1. The van der Waals surface area contributed by atoms with Crippen LogP contribution in [-0.4, -0.2) is 69.4 Å². The van der Waals surface area contributed by atoms with Crippen molar-refractivity contribution < 1.29 is 20.4 Å². The number of aliphatic hydroxyl groups is 4. The summed E-state index contributed by atoms with van der Waals surface area (Å²) in [4.78, 5) is 2.09. The van der Waals surface area contributed by atoms with Crippen molar-refractivity contribution in [2.75, 3.05) is 19.7 Å². The number of rotatable bonds is 2. The van der Waals surface area contributed by atoms with E-state index >= 15 is 0 Å². The molecule has 0 aromatic rings. The Morgan fingerprint density at radius 2 is 1.87 bits per heavy atom. The van der Waals surface area contributed by atoms with E-state index < -0.39 is 18.3 Å². The van der Waals surface area contributed by atoms with Gasteiger partial charge in [-0.1, -0.05) is 0 Å². The smallest absolute Gasteiger partial charge is 0.106 e. The monoisotopic (exact) mass is 217 g/mol. The topological polar surface area (TPSA) is 84.2 Å². The Hall–Kier alpha value is -0.200. The average Bonchev–Trinajstić information content (AvgIpc) is 2.59. The zero-order valence-corrected chi connectivity index (χ0v) is 8.66. The number of hydrogen-bond donors (Lipinski definition) is 4. The van der Waals surface area contributed by atoms with Gasteiger partial charge >= 0.3 is 0 Å². The van der Waals surface area contributed by atoms with Gasteiger partial charge in [-0.2, -0.15) is 0 Å². The highest BCUT2D eigenvalue weighted by Crippen LogP contribution is 2.36. The van der Waals surface area contributed by atoms with E-state index in [1.165, 1.54) is 0 Å². The van der Waals surface area contributed by atoms with E-state index in [1.54, 1.807) is 0 Å². The van der Waals surface area contributed by atoms with Crippen LogP contribution in [-0.2, 0) is 0 Å². The van der Waals surface area contributed by atoms with E-state index in [2.05, 4.69) is 4.90 Å². The van der Waals surface area contributed by atoms with Crippen molar-refractivity contribution >= 4 is 0 Å². The molecule has 5 atom stereocenters. The summed E-state index contributed by atoms with van der Waals surface area (Å²) in [5.41, 5.74) is 0. The Kier molecular flexibility index (Phi) is 3.27. The Labute approximate surface area is 88.9 Å². The molecule has 0 aromatic carbocycles. The van der Waals surface area contributed by atoms with Crippen molar-refractivity contribution in [3.63, 3.8) is 0 Å². The van der Waals surface area contributed by atoms with E-state index in [1.807, 2.05) is 0 Å². The van der Waals surface area contributed by atoms with E-state index in [-0.39, 0.29) is 18.6 Å². The molecule has 1 saturated heterocycles. The third-order valence-corrected chi connectivity index (χ3v) is 3.77. The maximum atomic E-state index is 9.81. The summed E-state index contributed by atoms with van der Waals surface area (Å²) in [5.74, 6) is 0.0370. The molecule has 1 aliphatic carbocycles. The summed E-state index contributed by atoms with van der Waals surface area (Å²) >= 11 is 0. The molecule has 0 amide bonds. The molecule has 1 saturated carbocycles. The Balaban J connectivity index is 2.06. The molecule has 0 unspecified atom stereocenters. The second kappa shape index (κ2) is 4.35. The van der Waals surface area contributed by atoms with Crippen molar-refractivity contribution in [3.8, 4) is 0 Å². The molecule has 1 aliphatic heterocycles. The molecule has 5 heteroatoms. The first kappa shape index (κ1) is 11.3. The molecule has 5 nitrogen and oxygen atoms in total. The van der Waals surface area contributed by atoms with Gasteiger partial charge < -0.3 is 20.4 Å². The lowest BCUT2D eigenvalue weighted by Gasteiger charge is -2.40. The molecule has 0 radical (unpaired) electrons. The largest absolute Gasteiger partial charge is 0.395 e. The second-order valence-electron chi connectivity index (χ2n) is 4.56. The molecule has 4 N–H and O–H groups in total. The molecule has 1 heterocycles. The number of fused-ring (bicyclic) bond motifs is 1. The summed E-state index contributed by atoms with van der Waals surface area (Å²) < 4.78 is 0.